The van der Waals surface area contributed by atoms with E-state index in [1.165, 1.54) is 0 Å². The Morgan fingerprint density at radius 2 is 1.72 bits per heavy atom. The summed E-state index contributed by atoms with van der Waals surface area (Å²) in [5.41, 5.74) is 2.98. The van der Waals surface area contributed by atoms with E-state index in [-0.39, 0.29) is 5.91 Å². The van der Waals surface area contributed by atoms with E-state index in [4.69, 9.17) is 27.9 Å². The van der Waals surface area contributed by atoms with Gasteiger partial charge in [0, 0.05) is 18.1 Å². The molecule has 0 saturated carbocycles. The highest BCUT2D eigenvalue weighted by molar-refractivity contribution is 6.38. The minimum Gasteiger partial charge on any atom is -0.378 e. The SMILES string of the molecule is C/C(=C\c1c(C)cc(C(F)(F)F)cc1C)Cc1c(Cl)ccc(C(=O)N2CCOCC2)c1Cl. The Bertz CT molecular complexity index is 1030. The van der Waals surface area contributed by atoms with Crippen molar-refractivity contribution in [3.05, 3.63) is 73.3 Å². The zero-order valence-corrected chi connectivity index (χ0v) is 19.6. The minimum atomic E-state index is -4.39. The number of ether oxygens (including phenoxy) is 1. The van der Waals surface area contributed by atoms with Gasteiger partial charge < -0.3 is 9.64 Å². The number of alkyl halides is 3. The summed E-state index contributed by atoms with van der Waals surface area (Å²) >= 11 is 13.0. The summed E-state index contributed by atoms with van der Waals surface area (Å²) in [6.45, 7) is 7.14. The van der Waals surface area contributed by atoms with Crippen molar-refractivity contribution in [1.82, 2.24) is 4.90 Å². The van der Waals surface area contributed by atoms with Gasteiger partial charge in [-0.15, -0.1) is 0 Å². The first-order valence-electron chi connectivity index (χ1n) is 10.2. The Hall–Kier alpha value is -2.02. The molecule has 3 nitrogen and oxygen atoms in total. The molecule has 1 heterocycles. The third-order valence-electron chi connectivity index (χ3n) is 5.48. The van der Waals surface area contributed by atoms with Crippen LogP contribution < -0.4 is 0 Å². The number of nitrogens with zero attached hydrogens (tertiary/aromatic N) is 1. The second-order valence-corrected chi connectivity index (χ2v) is 8.77. The number of benzene rings is 2. The Morgan fingerprint density at radius 1 is 1.12 bits per heavy atom. The first kappa shape index (κ1) is 24.6. The predicted octanol–water partition coefficient (Wildman–Crippen LogP) is 6.75. The van der Waals surface area contributed by atoms with E-state index in [0.717, 1.165) is 23.3 Å². The summed E-state index contributed by atoms with van der Waals surface area (Å²) in [7, 11) is 0. The van der Waals surface area contributed by atoms with Crippen LogP contribution in [-0.2, 0) is 17.3 Å². The van der Waals surface area contributed by atoms with Crippen LogP contribution >= 0.6 is 23.2 Å². The lowest BCUT2D eigenvalue weighted by molar-refractivity contribution is -0.137. The van der Waals surface area contributed by atoms with Crippen molar-refractivity contribution >= 4 is 35.2 Å². The number of rotatable bonds is 4. The van der Waals surface area contributed by atoms with Gasteiger partial charge in [-0.2, -0.15) is 13.2 Å². The molecule has 0 N–H and O–H groups in total. The number of hydrogen-bond acceptors (Lipinski definition) is 2. The van der Waals surface area contributed by atoms with Crippen molar-refractivity contribution in [1.29, 1.82) is 0 Å². The van der Waals surface area contributed by atoms with Crippen LogP contribution in [0, 0.1) is 13.8 Å². The van der Waals surface area contributed by atoms with Crippen molar-refractivity contribution < 1.29 is 22.7 Å². The van der Waals surface area contributed by atoms with Gasteiger partial charge in [-0.25, -0.2) is 0 Å². The molecule has 1 saturated heterocycles. The molecule has 172 valence electrons. The third kappa shape index (κ3) is 5.48. The van der Waals surface area contributed by atoms with Crippen LogP contribution in [-0.4, -0.2) is 37.1 Å². The number of carbonyl (C=O) groups excluding carboxylic acids is 1. The Balaban J connectivity index is 1.90. The molecule has 1 aliphatic heterocycles. The Morgan fingerprint density at radius 3 is 2.28 bits per heavy atom. The third-order valence-corrected chi connectivity index (χ3v) is 6.27. The first-order chi connectivity index (χ1) is 15.0. The highest BCUT2D eigenvalue weighted by atomic mass is 35.5. The Labute approximate surface area is 195 Å². The molecule has 0 spiro atoms. The van der Waals surface area contributed by atoms with Crippen molar-refractivity contribution in [3.8, 4) is 0 Å². The summed E-state index contributed by atoms with van der Waals surface area (Å²) in [5, 5.41) is 0.727. The molecule has 32 heavy (non-hydrogen) atoms. The fraction of sp³-hybridized carbons (Fsp3) is 0.375. The summed E-state index contributed by atoms with van der Waals surface area (Å²) < 4.78 is 44.5. The number of carbonyl (C=O) groups is 1. The van der Waals surface area contributed by atoms with Crippen molar-refractivity contribution in [3.63, 3.8) is 0 Å². The molecule has 1 fully saturated rings. The maximum absolute atomic E-state index is 13.1. The molecule has 1 aliphatic rings. The van der Waals surface area contributed by atoms with E-state index in [0.29, 0.717) is 65.0 Å². The van der Waals surface area contributed by atoms with E-state index < -0.39 is 11.7 Å². The zero-order chi connectivity index (χ0) is 23.6. The molecule has 0 bridgehead atoms. The summed E-state index contributed by atoms with van der Waals surface area (Å²) in [5.74, 6) is -0.174. The smallest absolute Gasteiger partial charge is 0.378 e. The monoisotopic (exact) mass is 485 g/mol. The van der Waals surface area contributed by atoms with Gasteiger partial charge in [-0.1, -0.05) is 34.9 Å². The number of halogens is 5. The van der Waals surface area contributed by atoms with Crippen molar-refractivity contribution in [2.75, 3.05) is 26.3 Å². The van der Waals surface area contributed by atoms with Gasteiger partial charge in [0.2, 0.25) is 0 Å². The van der Waals surface area contributed by atoms with Gasteiger partial charge in [0.25, 0.3) is 5.91 Å². The topological polar surface area (TPSA) is 29.5 Å². The van der Waals surface area contributed by atoms with Gasteiger partial charge in [-0.05, 0) is 73.7 Å². The lowest BCUT2D eigenvalue weighted by Crippen LogP contribution is -2.40. The van der Waals surface area contributed by atoms with E-state index >= 15 is 0 Å². The highest BCUT2D eigenvalue weighted by Crippen LogP contribution is 2.34. The minimum absolute atomic E-state index is 0.174. The molecule has 0 aromatic heterocycles. The average molecular weight is 486 g/mol. The number of hydrogen-bond donors (Lipinski definition) is 0. The largest absolute Gasteiger partial charge is 0.416 e. The van der Waals surface area contributed by atoms with Crippen LogP contribution in [0.15, 0.2) is 29.8 Å². The first-order valence-corrected chi connectivity index (χ1v) is 10.9. The van der Waals surface area contributed by atoms with Gasteiger partial charge in [0.15, 0.2) is 0 Å². The highest BCUT2D eigenvalue weighted by Gasteiger charge is 2.31. The number of allylic oxidation sites excluding steroid dienone is 1. The van der Waals surface area contributed by atoms with E-state index in [1.54, 1.807) is 30.9 Å². The summed E-state index contributed by atoms with van der Waals surface area (Å²) in [6, 6.07) is 5.56. The molecule has 0 radical (unpaired) electrons. The zero-order valence-electron chi connectivity index (χ0n) is 18.1. The maximum atomic E-state index is 13.1. The predicted molar refractivity (Wildman–Crippen MR) is 121 cm³/mol. The standard InChI is InChI=1S/C24H24Cl2F3NO2/c1-14(10-19-15(2)12-17(13-16(19)3)24(27,28)29)11-20-21(25)5-4-18(22(20)26)23(31)30-6-8-32-9-7-30/h4-5,10,12-13H,6-9,11H2,1-3H3/b14-10+. The van der Waals surface area contributed by atoms with E-state index in [1.807, 2.05) is 13.0 Å². The van der Waals surface area contributed by atoms with Gasteiger partial charge in [-0.3, -0.25) is 4.79 Å². The lowest BCUT2D eigenvalue weighted by atomic mass is 9.95. The average Bonchev–Trinajstić information content (AvgIpc) is 2.73. The molecule has 0 unspecified atom stereocenters. The lowest BCUT2D eigenvalue weighted by Gasteiger charge is -2.27. The van der Waals surface area contributed by atoms with Crippen LogP contribution in [0.3, 0.4) is 0 Å². The fourth-order valence-electron chi connectivity index (χ4n) is 3.80. The van der Waals surface area contributed by atoms with Crippen LogP contribution in [0.25, 0.3) is 6.08 Å². The van der Waals surface area contributed by atoms with Gasteiger partial charge in [0.05, 0.1) is 29.4 Å². The van der Waals surface area contributed by atoms with Gasteiger partial charge >= 0.3 is 6.18 Å². The number of morpholine rings is 1. The molecule has 0 atom stereocenters. The molecule has 1 amide bonds. The summed E-state index contributed by atoms with van der Waals surface area (Å²) in [4.78, 5) is 14.6. The molecular weight excluding hydrogens is 462 g/mol. The van der Waals surface area contributed by atoms with Gasteiger partial charge in [0.1, 0.15) is 0 Å². The molecule has 8 heteroatoms. The second-order valence-electron chi connectivity index (χ2n) is 7.98. The van der Waals surface area contributed by atoms with Crippen LogP contribution in [0.5, 0.6) is 0 Å². The van der Waals surface area contributed by atoms with Crippen molar-refractivity contribution in [2.24, 2.45) is 0 Å². The molecule has 3 rings (SSSR count). The number of amides is 1. The quantitative estimate of drug-likeness (QED) is 0.479. The molecule has 0 aliphatic carbocycles. The summed E-state index contributed by atoms with van der Waals surface area (Å²) in [6.07, 6.45) is -2.18. The Kier molecular flexibility index (Phi) is 7.58. The fourth-order valence-corrected chi connectivity index (χ4v) is 4.39. The van der Waals surface area contributed by atoms with Crippen LogP contribution in [0.1, 0.15) is 45.1 Å². The molecule has 2 aromatic rings. The van der Waals surface area contributed by atoms with E-state index in [9.17, 15) is 18.0 Å². The van der Waals surface area contributed by atoms with Crippen molar-refractivity contribution in [2.45, 2.75) is 33.4 Å². The van der Waals surface area contributed by atoms with Crippen LogP contribution in [0.4, 0.5) is 13.2 Å². The second kappa shape index (κ2) is 9.86. The molecule has 2 aromatic carbocycles. The van der Waals surface area contributed by atoms with Crippen LogP contribution in [0.2, 0.25) is 10.0 Å². The maximum Gasteiger partial charge on any atom is 0.416 e. The number of aryl methyl sites for hydroxylation is 2. The van der Waals surface area contributed by atoms with E-state index in [2.05, 4.69) is 0 Å². The molecular formula is C24H24Cl2F3NO2. The normalized spacial score (nSPS) is 15.2.